The van der Waals surface area contributed by atoms with Crippen molar-refractivity contribution in [2.24, 2.45) is 18.4 Å². The molecule has 1 aromatic carbocycles. The number of para-hydroxylation sites is 1. The average Bonchev–Trinajstić information content (AvgIpc) is 3.19. The highest BCUT2D eigenvalue weighted by atomic mass is 16.5. The van der Waals surface area contributed by atoms with Crippen molar-refractivity contribution in [2.45, 2.75) is 19.3 Å². The summed E-state index contributed by atoms with van der Waals surface area (Å²) < 4.78 is 7.54. The lowest BCUT2D eigenvalue weighted by atomic mass is 9.74. The minimum atomic E-state index is -0.826. The smallest absolute Gasteiger partial charge is 0.311 e. The Labute approximate surface area is 152 Å². The molecule has 138 valence electrons. The van der Waals surface area contributed by atoms with Gasteiger partial charge in [-0.05, 0) is 24.5 Å². The summed E-state index contributed by atoms with van der Waals surface area (Å²) in [5.41, 5.74) is 1.49. The molecule has 6 heteroatoms. The minimum absolute atomic E-state index is 0.0351. The molecule has 0 bridgehead atoms. The second-order valence-corrected chi connectivity index (χ2v) is 7.54. The number of fused-ring (bicyclic) bond motifs is 2. The number of carboxylic acids is 1. The van der Waals surface area contributed by atoms with Gasteiger partial charge < -0.3 is 19.3 Å². The summed E-state index contributed by atoms with van der Waals surface area (Å²) in [7, 11) is 2.01. The van der Waals surface area contributed by atoms with Gasteiger partial charge in [0, 0.05) is 56.2 Å². The molecule has 1 amide bonds. The molecule has 0 aliphatic carbocycles. The lowest BCUT2D eigenvalue weighted by molar-refractivity contribution is -0.157. The number of carboxylic acid groups (broad SMARTS) is 1. The third-order valence-corrected chi connectivity index (χ3v) is 6.07. The predicted octanol–water partition coefficient (Wildman–Crippen LogP) is 2.06. The van der Waals surface area contributed by atoms with Crippen LogP contribution in [0.2, 0.25) is 0 Å². The van der Waals surface area contributed by atoms with Gasteiger partial charge in [0.25, 0.3) is 0 Å². The third kappa shape index (κ3) is 2.69. The fraction of sp³-hybridized carbons (Fsp3) is 0.500. The number of hydrogen-bond acceptors (Lipinski definition) is 3. The Hall–Kier alpha value is -2.34. The van der Waals surface area contributed by atoms with Crippen LogP contribution in [-0.4, -0.2) is 52.8 Å². The summed E-state index contributed by atoms with van der Waals surface area (Å²) in [6, 6.07) is 8.17. The maximum Gasteiger partial charge on any atom is 0.311 e. The Balaban J connectivity index is 1.46. The number of benzene rings is 1. The van der Waals surface area contributed by atoms with E-state index < -0.39 is 11.4 Å². The van der Waals surface area contributed by atoms with Gasteiger partial charge in [-0.1, -0.05) is 18.2 Å². The first-order valence-electron chi connectivity index (χ1n) is 9.13. The van der Waals surface area contributed by atoms with E-state index in [1.54, 1.807) is 4.90 Å². The maximum atomic E-state index is 12.8. The molecule has 2 aliphatic heterocycles. The van der Waals surface area contributed by atoms with Crippen molar-refractivity contribution in [3.05, 3.63) is 36.0 Å². The number of ether oxygens (including phenoxy) is 1. The molecule has 2 atom stereocenters. The standard InChI is InChI=1S/C20H24N2O4/c1-21-10-14(16-4-2-3-5-17(16)21)6-7-18(23)22-11-15-12-26-9-8-20(15,13-22)19(24)25/h2-5,10,15H,6-9,11-13H2,1H3,(H,24,25)/t15-,20+/m0/s1. The van der Waals surface area contributed by atoms with Crippen LogP contribution in [0.4, 0.5) is 0 Å². The molecule has 1 N–H and O–H groups in total. The summed E-state index contributed by atoms with van der Waals surface area (Å²) in [5.74, 6) is -0.863. The van der Waals surface area contributed by atoms with Gasteiger partial charge in [-0.25, -0.2) is 0 Å². The van der Waals surface area contributed by atoms with Crippen LogP contribution in [0, 0.1) is 11.3 Å². The second kappa shape index (κ2) is 6.43. The molecule has 0 saturated carbocycles. The highest BCUT2D eigenvalue weighted by Crippen LogP contribution is 2.42. The van der Waals surface area contributed by atoms with E-state index in [-0.39, 0.29) is 11.8 Å². The molecule has 4 rings (SSSR count). The van der Waals surface area contributed by atoms with Crippen molar-refractivity contribution in [1.29, 1.82) is 0 Å². The third-order valence-electron chi connectivity index (χ3n) is 6.07. The molecule has 2 aliphatic rings. The lowest BCUT2D eigenvalue weighted by Crippen LogP contribution is -2.45. The van der Waals surface area contributed by atoms with Gasteiger partial charge in [-0.15, -0.1) is 0 Å². The number of carbonyl (C=O) groups excluding carboxylic acids is 1. The van der Waals surface area contributed by atoms with Gasteiger partial charge >= 0.3 is 5.97 Å². The van der Waals surface area contributed by atoms with Gasteiger partial charge in [-0.3, -0.25) is 9.59 Å². The number of hydrogen-bond donors (Lipinski definition) is 1. The van der Waals surface area contributed by atoms with Crippen LogP contribution in [0.15, 0.2) is 30.5 Å². The number of aliphatic carboxylic acids is 1. The first-order chi connectivity index (χ1) is 12.5. The van der Waals surface area contributed by atoms with Gasteiger partial charge in [0.2, 0.25) is 5.91 Å². The van der Waals surface area contributed by atoms with Crippen molar-refractivity contribution in [3.63, 3.8) is 0 Å². The van der Waals surface area contributed by atoms with Crippen LogP contribution < -0.4 is 0 Å². The highest BCUT2D eigenvalue weighted by molar-refractivity contribution is 5.85. The van der Waals surface area contributed by atoms with E-state index in [4.69, 9.17) is 4.74 Å². The highest BCUT2D eigenvalue weighted by Gasteiger charge is 2.54. The number of aromatic nitrogens is 1. The van der Waals surface area contributed by atoms with Gasteiger partial charge in [0.15, 0.2) is 0 Å². The van der Waals surface area contributed by atoms with Crippen LogP contribution in [0.3, 0.4) is 0 Å². The van der Waals surface area contributed by atoms with Crippen molar-refractivity contribution < 1.29 is 19.4 Å². The summed E-state index contributed by atoms with van der Waals surface area (Å²) in [5, 5.41) is 10.9. The van der Waals surface area contributed by atoms with E-state index in [1.165, 1.54) is 5.39 Å². The van der Waals surface area contributed by atoms with Crippen LogP contribution in [0.1, 0.15) is 18.4 Å². The van der Waals surface area contributed by atoms with Crippen LogP contribution in [-0.2, 0) is 27.8 Å². The fourth-order valence-electron chi connectivity index (χ4n) is 4.51. The molecule has 2 aromatic rings. The second-order valence-electron chi connectivity index (χ2n) is 7.54. The van der Waals surface area contributed by atoms with Crippen LogP contribution >= 0.6 is 0 Å². The first-order valence-corrected chi connectivity index (χ1v) is 9.13. The Bertz CT molecular complexity index is 859. The molecule has 0 spiro atoms. The molecule has 1 aromatic heterocycles. The maximum absolute atomic E-state index is 12.8. The monoisotopic (exact) mass is 356 g/mol. The normalized spacial score (nSPS) is 25.4. The molecule has 26 heavy (non-hydrogen) atoms. The van der Waals surface area contributed by atoms with E-state index in [9.17, 15) is 14.7 Å². The van der Waals surface area contributed by atoms with E-state index in [0.29, 0.717) is 45.6 Å². The molecule has 0 unspecified atom stereocenters. The SMILES string of the molecule is Cn1cc(CCC(=O)N2C[C@H]3COCC[C@@]3(C(=O)O)C2)c2ccccc21. The minimum Gasteiger partial charge on any atom is -0.481 e. The average molecular weight is 356 g/mol. The number of likely N-dealkylation sites (tertiary alicyclic amines) is 1. The summed E-state index contributed by atoms with van der Waals surface area (Å²) in [6.45, 7) is 1.69. The Morgan fingerprint density at radius 2 is 2.15 bits per heavy atom. The quantitative estimate of drug-likeness (QED) is 0.910. The summed E-state index contributed by atoms with van der Waals surface area (Å²) >= 11 is 0. The number of nitrogens with zero attached hydrogens (tertiary/aromatic N) is 2. The van der Waals surface area contributed by atoms with E-state index in [0.717, 1.165) is 11.1 Å². The zero-order valence-electron chi connectivity index (χ0n) is 15.0. The summed E-state index contributed by atoms with van der Waals surface area (Å²) in [6.07, 6.45) is 3.63. The molecule has 2 fully saturated rings. The molecular formula is C20H24N2O4. The van der Waals surface area contributed by atoms with Gasteiger partial charge in [0.1, 0.15) is 0 Å². The zero-order chi connectivity index (χ0) is 18.3. The van der Waals surface area contributed by atoms with Crippen LogP contribution in [0.5, 0.6) is 0 Å². The Kier molecular flexibility index (Phi) is 4.23. The molecular weight excluding hydrogens is 332 g/mol. The van der Waals surface area contributed by atoms with Crippen molar-refractivity contribution >= 4 is 22.8 Å². The number of aryl methyl sites for hydroxylation is 2. The predicted molar refractivity (Wildman–Crippen MR) is 96.8 cm³/mol. The number of rotatable bonds is 4. The molecule has 6 nitrogen and oxygen atoms in total. The molecule has 3 heterocycles. The fourth-order valence-corrected chi connectivity index (χ4v) is 4.51. The van der Waals surface area contributed by atoms with Crippen LogP contribution in [0.25, 0.3) is 10.9 Å². The van der Waals surface area contributed by atoms with E-state index in [2.05, 4.69) is 22.9 Å². The van der Waals surface area contributed by atoms with E-state index >= 15 is 0 Å². The van der Waals surface area contributed by atoms with Crippen molar-refractivity contribution in [3.8, 4) is 0 Å². The first kappa shape index (κ1) is 17.1. The van der Waals surface area contributed by atoms with Gasteiger partial charge in [0.05, 0.1) is 12.0 Å². The van der Waals surface area contributed by atoms with Crippen molar-refractivity contribution in [2.75, 3.05) is 26.3 Å². The van der Waals surface area contributed by atoms with Crippen molar-refractivity contribution in [1.82, 2.24) is 9.47 Å². The Morgan fingerprint density at radius 3 is 2.92 bits per heavy atom. The molecule has 0 radical (unpaired) electrons. The number of carbonyl (C=O) groups is 2. The Morgan fingerprint density at radius 1 is 1.35 bits per heavy atom. The summed E-state index contributed by atoms with van der Waals surface area (Å²) in [4.78, 5) is 26.3. The zero-order valence-corrected chi connectivity index (χ0v) is 15.0. The topological polar surface area (TPSA) is 71.8 Å². The number of amides is 1. The molecule has 2 saturated heterocycles. The largest absolute Gasteiger partial charge is 0.481 e. The lowest BCUT2D eigenvalue weighted by Gasteiger charge is -2.33. The van der Waals surface area contributed by atoms with E-state index in [1.807, 2.05) is 19.2 Å². The van der Waals surface area contributed by atoms with Gasteiger partial charge in [-0.2, -0.15) is 0 Å².